The minimum absolute atomic E-state index is 0.511. The van der Waals surface area contributed by atoms with Crippen LogP contribution in [0, 0.1) is 0 Å². The molecular formula is C16H21N3O2. The average molecular weight is 287 g/mol. The number of rotatable bonds is 4. The minimum atomic E-state index is 0.511. The fraction of sp³-hybridized carbons (Fsp3) is 0.438. The van der Waals surface area contributed by atoms with E-state index in [1.807, 2.05) is 24.4 Å². The summed E-state index contributed by atoms with van der Waals surface area (Å²) in [6, 6.07) is 6.45. The maximum Gasteiger partial charge on any atom is 0.161 e. The van der Waals surface area contributed by atoms with E-state index < -0.39 is 0 Å². The number of aromatic nitrogens is 2. The van der Waals surface area contributed by atoms with Crippen LogP contribution in [0.3, 0.4) is 0 Å². The normalized spacial score (nSPS) is 15.9. The summed E-state index contributed by atoms with van der Waals surface area (Å²) in [4.78, 5) is 4.54. The highest BCUT2D eigenvalue weighted by atomic mass is 16.5. The molecule has 112 valence electrons. The van der Waals surface area contributed by atoms with Crippen molar-refractivity contribution >= 4 is 0 Å². The summed E-state index contributed by atoms with van der Waals surface area (Å²) in [6.45, 7) is 2.13. The van der Waals surface area contributed by atoms with Crippen LogP contribution in [0.25, 0.3) is 11.4 Å². The van der Waals surface area contributed by atoms with E-state index in [9.17, 15) is 0 Å². The van der Waals surface area contributed by atoms with Crippen molar-refractivity contribution in [3.8, 4) is 22.9 Å². The van der Waals surface area contributed by atoms with Gasteiger partial charge in [-0.3, -0.25) is 0 Å². The molecule has 0 spiro atoms. The summed E-state index contributed by atoms with van der Waals surface area (Å²) in [7, 11) is 3.30. The number of hydrogen-bond acceptors (Lipinski definition) is 4. The molecule has 1 saturated heterocycles. The molecule has 1 aliphatic heterocycles. The lowest BCUT2D eigenvalue weighted by Gasteiger charge is -2.25. The standard InChI is InChI=1S/C16H21N3O2/c1-20-14-4-3-12(11-15(14)21-2)16-18-9-10-19(16)13-5-7-17-8-6-13/h3-4,9-11,13,17H,5-8H2,1-2H3. The molecule has 0 aliphatic carbocycles. The Morgan fingerprint density at radius 2 is 1.90 bits per heavy atom. The number of methoxy groups -OCH3 is 2. The first kappa shape index (κ1) is 13.9. The predicted molar refractivity (Wildman–Crippen MR) is 81.9 cm³/mol. The third-order valence-corrected chi connectivity index (χ3v) is 4.01. The molecule has 1 aromatic heterocycles. The van der Waals surface area contributed by atoms with Gasteiger partial charge in [-0.1, -0.05) is 0 Å². The molecule has 5 heteroatoms. The van der Waals surface area contributed by atoms with Crippen LogP contribution < -0.4 is 14.8 Å². The lowest BCUT2D eigenvalue weighted by Crippen LogP contribution is -2.29. The number of imidazole rings is 1. The zero-order valence-electron chi connectivity index (χ0n) is 12.5. The smallest absolute Gasteiger partial charge is 0.161 e. The van der Waals surface area contributed by atoms with E-state index in [1.165, 1.54) is 0 Å². The van der Waals surface area contributed by atoms with E-state index in [4.69, 9.17) is 9.47 Å². The maximum absolute atomic E-state index is 5.39. The van der Waals surface area contributed by atoms with E-state index in [1.54, 1.807) is 14.2 Å². The topological polar surface area (TPSA) is 48.3 Å². The number of piperidine rings is 1. The van der Waals surface area contributed by atoms with Crippen LogP contribution in [0.15, 0.2) is 30.6 Å². The summed E-state index contributed by atoms with van der Waals surface area (Å²) in [5.74, 6) is 2.46. The molecule has 1 aromatic carbocycles. The molecule has 0 saturated carbocycles. The van der Waals surface area contributed by atoms with Crippen molar-refractivity contribution in [3.05, 3.63) is 30.6 Å². The molecule has 0 bridgehead atoms. The highest BCUT2D eigenvalue weighted by Crippen LogP contribution is 2.33. The Bertz CT molecular complexity index is 603. The van der Waals surface area contributed by atoms with Gasteiger partial charge in [0, 0.05) is 24.0 Å². The van der Waals surface area contributed by atoms with Gasteiger partial charge in [-0.05, 0) is 44.1 Å². The van der Waals surface area contributed by atoms with Gasteiger partial charge in [0.25, 0.3) is 0 Å². The highest BCUT2D eigenvalue weighted by molar-refractivity contribution is 5.61. The number of hydrogen-bond donors (Lipinski definition) is 1. The van der Waals surface area contributed by atoms with E-state index in [0.29, 0.717) is 6.04 Å². The monoisotopic (exact) mass is 287 g/mol. The lowest BCUT2D eigenvalue weighted by atomic mass is 10.1. The van der Waals surface area contributed by atoms with Crippen LogP contribution in [0.1, 0.15) is 18.9 Å². The van der Waals surface area contributed by atoms with Crippen molar-refractivity contribution in [2.45, 2.75) is 18.9 Å². The molecule has 2 aromatic rings. The molecule has 1 aliphatic rings. The first-order valence-electron chi connectivity index (χ1n) is 7.29. The van der Waals surface area contributed by atoms with Gasteiger partial charge in [-0.2, -0.15) is 0 Å². The van der Waals surface area contributed by atoms with Crippen molar-refractivity contribution in [1.82, 2.24) is 14.9 Å². The van der Waals surface area contributed by atoms with Crippen LogP contribution >= 0.6 is 0 Å². The Hall–Kier alpha value is -2.01. The molecule has 0 radical (unpaired) electrons. The van der Waals surface area contributed by atoms with Gasteiger partial charge >= 0.3 is 0 Å². The Kier molecular flexibility index (Phi) is 4.10. The number of nitrogens with one attached hydrogen (secondary N) is 1. The van der Waals surface area contributed by atoms with E-state index in [0.717, 1.165) is 48.8 Å². The summed E-state index contributed by atoms with van der Waals surface area (Å²) in [5, 5.41) is 3.40. The number of nitrogens with zero attached hydrogens (tertiary/aromatic N) is 2. The lowest BCUT2D eigenvalue weighted by molar-refractivity contribution is 0.355. The van der Waals surface area contributed by atoms with Gasteiger partial charge in [-0.25, -0.2) is 4.98 Å². The van der Waals surface area contributed by atoms with Gasteiger partial charge in [-0.15, -0.1) is 0 Å². The average Bonchev–Trinajstić information content (AvgIpc) is 3.04. The summed E-state index contributed by atoms with van der Waals surface area (Å²) in [6.07, 6.45) is 6.21. The van der Waals surface area contributed by atoms with Crippen molar-refractivity contribution in [3.63, 3.8) is 0 Å². The molecule has 0 amide bonds. The fourth-order valence-electron chi connectivity index (χ4n) is 2.89. The van der Waals surface area contributed by atoms with Crippen LogP contribution in [-0.2, 0) is 0 Å². The van der Waals surface area contributed by atoms with E-state index in [-0.39, 0.29) is 0 Å². The van der Waals surface area contributed by atoms with Crippen LogP contribution in [0.5, 0.6) is 11.5 Å². The highest BCUT2D eigenvalue weighted by Gasteiger charge is 2.19. The van der Waals surface area contributed by atoms with E-state index >= 15 is 0 Å². The maximum atomic E-state index is 5.39. The zero-order chi connectivity index (χ0) is 14.7. The Labute approximate surface area is 124 Å². The molecule has 2 heterocycles. The van der Waals surface area contributed by atoms with Gasteiger partial charge in [0.1, 0.15) is 5.82 Å². The molecule has 1 fully saturated rings. The fourth-order valence-corrected chi connectivity index (χ4v) is 2.89. The van der Waals surface area contributed by atoms with Crippen LogP contribution in [0.2, 0.25) is 0 Å². The second-order valence-electron chi connectivity index (χ2n) is 5.21. The van der Waals surface area contributed by atoms with Gasteiger partial charge in [0.2, 0.25) is 0 Å². The minimum Gasteiger partial charge on any atom is -0.493 e. The van der Waals surface area contributed by atoms with E-state index in [2.05, 4.69) is 21.1 Å². The summed E-state index contributed by atoms with van der Waals surface area (Å²) in [5.41, 5.74) is 1.05. The zero-order valence-corrected chi connectivity index (χ0v) is 12.5. The molecule has 21 heavy (non-hydrogen) atoms. The van der Waals surface area contributed by atoms with Crippen molar-refractivity contribution < 1.29 is 9.47 Å². The van der Waals surface area contributed by atoms with Crippen LogP contribution in [0.4, 0.5) is 0 Å². The van der Waals surface area contributed by atoms with Gasteiger partial charge in [0.05, 0.1) is 14.2 Å². The molecule has 3 rings (SSSR count). The number of benzene rings is 1. The number of ether oxygens (including phenoxy) is 2. The first-order valence-corrected chi connectivity index (χ1v) is 7.29. The molecular weight excluding hydrogens is 266 g/mol. The van der Waals surface area contributed by atoms with Crippen molar-refractivity contribution in [1.29, 1.82) is 0 Å². The summed E-state index contributed by atoms with van der Waals surface area (Å²) < 4.78 is 13.0. The van der Waals surface area contributed by atoms with Crippen molar-refractivity contribution in [2.75, 3.05) is 27.3 Å². The Balaban J connectivity index is 1.95. The first-order chi connectivity index (χ1) is 10.3. The quantitative estimate of drug-likeness (QED) is 0.938. The second kappa shape index (κ2) is 6.18. The Morgan fingerprint density at radius 1 is 1.14 bits per heavy atom. The molecule has 0 unspecified atom stereocenters. The molecule has 0 atom stereocenters. The van der Waals surface area contributed by atoms with Crippen LogP contribution in [-0.4, -0.2) is 36.9 Å². The largest absolute Gasteiger partial charge is 0.493 e. The molecule has 1 N–H and O–H groups in total. The Morgan fingerprint density at radius 3 is 2.62 bits per heavy atom. The summed E-state index contributed by atoms with van der Waals surface area (Å²) >= 11 is 0. The van der Waals surface area contributed by atoms with Gasteiger partial charge < -0.3 is 19.4 Å². The van der Waals surface area contributed by atoms with Gasteiger partial charge in [0.15, 0.2) is 11.5 Å². The third kappa shape index (κ3) is 2.74. The third-order valence-electron chi connectivity index (χ3n) is 4.01. The predicted octanol–water partition coefficient (Wildman–Crippen LogP) is 2.49. The molecule has 5 nitrogen and oxygen atoms in total. The SMILES string of the molecule is COc1ccc(-c2nccn2C2CCNCC2)cc1OC. The van der Waals surface area contributed by atoms with Crippen molar-refractivity contribution in [2.24, 2.45) is 0 Å². The second-order valence-corrected chi connectivity index (χ2v) is 5.21.